The third-order valence-corrected chi connectivity index (χ3v) is 17.5. The van der Waals surface area contributed by atoms with Gasteiger partial charge in [0, 0.05) is 6.42 Å². The molecule has 0 aromatic carbocycles. The Hall–Kier alpha value is -1.73. The van der Waals surface area contributed by atoms with Crippen molar-refractivity contribution in [2.45, 2.75) is 369 Å². The van der Waals surface area contributed by atoms with Crippen LogP contribution >= 0.6 is 0 Å². The first-order valence-corrected chi connectivity index (χ1v) is 34.6. The summed E-state index contributed by atoms with van der Waals surface area (Å²) in [5.74, 6) is -0.273. The Morgan fingerprint density at radius 3 is 1.13 bits per heavy atom. The third-order valence-electron chi connectivity index (χ3n) is 17.5. The quantitative estimate of drug-likeness (QED) is 0.0200. The first kappa shape index (κ1) is 78.5. The lowest BCUT2D eigenvalue weighted by atomic mass is 9.96. The summed E-state index contributed by atoms with van der Waals surface area (Å²) >= 11 is 0. The van der Waals surface area contributed by atoms with Crippen LogP contribution in [0.3, 0.4) is 0 Å². The third kappa shape index (κ3) is 32.0. The number of allylic oxidation sites excluding steroid dienone is 3. The lowest BCUT2D eigenvalue weighted by molar-refractivity contribution is -0.379. The number of hydrogen-bond acceptors (Lipinski definition) is 18. The van der Waals surface area contributed by atoms with Crippen LogP contribution < -0.4 is 5.32 Å². The van der Waals surface area contributed by atoms with E-state index in [0.29, 0.717) is 6.42 Å². The van der Waals surface area contributed by atoms with E-state index >= 15 is 0 Å². The van der Waals surface area contributed by atoms with Crippen LogP contribution in [0.5, 0.6) is 0 Å². The second-order valence-corrected chi connectivity index (χ2v) is 25.0. The van der Waals surface area contributed by atoms with E-state index in [1.54, 1.807) is 6.08 Å². The number of carbonyl (C=O) groups is 1. The van der Waals surface area contributed by atoms with Gasteiger partial charge < -0.3 is 89.9 Å². The van der Waals surface area contributed by atoms with E-state index in [1.165, 1.54) is 193 Å². The molecule has 0 aliphatic carbocycles. The number of hydrogen-bond donors (Lipinski definition) is 12. The topological polar surface area (TPSA) is 307 Å². The van der Waals surface area contributed by atoms with Gasteiger partial charge in [-0.3, -0.25) is 4.79 Å². The highest BCUT2D eigenvalue weighted by Gasteiger charge is 2.53. The molecule has 17 unspecified atom stereocenters. The Kier molecular flexibility index (Phi) is 45.6. The summed E-state index contributed by atoms with van der Waals surface area (Å²) in [7, 11) is 0. The molecule has 1 amide bonds. The maximum atomic E-state index is 13.4. The number of amides is 1. The lowest BCUT2D eigenvalue weighted by Gasteiger charge is -2.48. The molecule has 86 heavy (non-hydrogen) atoms. The van der Waals surface area contributed by atoms with Crippen LogP contribution in [-0.4, -0.2) is 193 Å². The summed E-state index contributed by atoms with van der Waals surface area (Å²) in [5, 5.41) is 120. The van der Waals surface area contributed by atoms with Crippen LogP contribution in [0.25, 0.3) is 0 Å². The SMILES string of the molecule is CCCCCCCCCC/C=C\CCCCCCCCCCCCCCCC(=O)NC(COC1OC(CO)C(OC2OC(CO)C(OC3OC(CO)C(O)C(O)C3O)C(O)C2O)C(O)C1O)C(O)/C=C/CCCCCCCCCCCCCCCC. The summed E-state index contributed by atoms with van der Waals surface area (Å²) in [4.78, 5) is 13.4. The molecule has 12 N–H and O–H groups in total. The van der Waals surface area contributed by atoms with Crippen molar-refractivity contribution in [1.29, 1.82) is 0 Å². The van der Waals surface area contributed by atoms with Gasteiger partial charge in [0.25, 0.3) is 0 Å². The molecule has 0 radical (unpaired) electrons. The summed E-state index contributed by atoms with van der Waals surface area (Å²) in [5.41, 5.74) is 0. The van der Waals surface area contributed by atoms with Gasteiger partial charge in [-0.2, -0.15) is 0 Å². The van der Waals surface area contributed by atoms with Crippen LogP contribution in [0, 0.1) is 0 Å². The Labute approximate surface area is 518 Å². The normalized spacial score (nSPS) is 28.9. The smallest absolute Gasteiger partial charge is 0.220 e. The van der Waals surface area contributed by atoms with Crippen molar-refractivity contribution in [2.24, 2.45) is 0 Å². The van der Waals surface area contributed by atoms with Crippen LogP contribution in [-0.2, 0) is 33.2 Å². The zero-order valence-electron chi connectivity index (χ0n) is 53.3. The maximum Gasteiger partial charge on any atom is 0.220 e. The highest BCUT2D eigenvalue weighted by Crippen LogP contribution is 2.33. The summed E-state index contributed by atoms with van der Waals surface area (Å²) in [6, 6.07) is -0.971. The van der Waals surface area contributed by atoms with Gasteiger partial charge in [-0.05, 0) is 44.9 Å². The standard InChI is InChI=1S/C67H125NO18/c1-3-5-7-9-11-13-15-17-19-21-22-23-24-25-26-27-28-29-31-33-35-37-39-41-43-45-55(73)68-50(51(72)44-42-40-38-36-34-32-30-20-18-16-14-12-10-8-6-4-2)49-81-65-61(79)58(76)63(53(47-70)83-65)86-67-62(80)59(77)64(54(48-71)84-67)85-66-60(78)57(75)56(74)52(46-69)82-66/h21-22,42,44,50-54,56-67,69-72,74-80H,3-20,23-41,43,45-49H2,1-2H3,(H,68,73)/b22-21-,44-42+. The van der Waals surface area contributed by atoms with E-state index in [0.717, 1.165) is 44.9 Å². The van der Waals surface area contributed by atoms with Crippen LogP contribution in [0.4, 0.5) is 0 Å². The minimum Gasteiger partial charge on any atom is -0.394 e. The molecule has 3 fully saturated rings. The van der Waals surface area contributed by atoms with Gasteiger partial charge in [0.15, 0.2) is 18.9 Å². The van der Waals surface area contributed by atoms with E-state index in [4.69, 9.17) is 28.4 Å². The molecular formula is C67H125NO18. The predicted molar refractivity (Wildman–Crippen MR) is 333 cm³/mol. The van der Waals surface area contributed by atoms with E-state index in [1.807, 2.05) is 6.08 Å². The van der Waals surface area contributed by atoms with Crippen LogP contribution in [0.1, 0.15) is 264 Å². The van der Waals surface area contributed by atoms with E-state index in [2.05, 4.69) is 31.3 Å². The second-order valence-electron chi connectivity index (χ2n) is 25.0. The predicted octanol–water partition coefficient (Wildman–Crippen LogP) is 8.66. The lowest BCUT2D eigenvalue weighted by Crippen LogP contribution is -2.66. The molecule has 3 rings (SSSR count). The molecule has 0 aromatic heterocycles. The minimum atomic E-state index is -1.98. The van der Waals surface area contributed by atoms with E-state index in [9.17, 15) is 61.0 Å². The fourth-order valence-corrected chi connectivity index (χ4v) is 11.8. The monoisotopic (exact) mass is 1230 g/mol. The maximum absolute atomic E-state index is 13.4. The van der Waals surface area contributed by atoms with E-state index < -0.39 is 124 Å². The Bertz CT molecular complexity index is 1660. The molecule has 17 atom stereocenters. The number of rotatable bonds is 53. The molecule has 19 heteroatoms. The Balaban J connectivity index is 1.43. The first-order valence-electron chi connectivity index (χ1n) is 34.6. The first-order chi connectivity index (χ1) is 41.8. The number of nitrogens with one attached hydrogen (secondary N) is 1. The summed E-state index contributed by atoms with van der Waals surface area (Å²) < 4.78 is 34.3. The fraction of sp³-hybridized carbons (Fsp3) is 0.925. The van der Waals surface area contributed by atoms with Crippen LogP contribution in [0.15, 0.2) is 24.3 Å². The number of carbonyl (C=O) groups excluding carboxylic acids is 1. The van der Waals surface area contributed by atoms with Gasteiger partial charge in [-0.25, -0.2) is 0 Å². The number of aliphatic hydroxyl groups is 11. The zero-order valence-corrected chi connectivity index (χ0v) is 53.3. The second kappa shape index (κ2) is 49.9. The number of ether oxygens (including phenoxy) is 6. The molecule has 3 heterocycles. The summed E-state index contributed by atoms with van der Waals surface area (Å²) in [6.07, 6.45) is 28.7. The fourth-order valence-electron chi connectivity index (χ4n) is 11.8. The van der Waals surface area contributed by atoms with Gasteiger partial charge in [0.05, 0.1) is 38.6 Å². The number of aliphatic hydroxyl groups excluding tert-OH is 11. The minimum absolute atomic E-state index is 0.246. The highest BCUT2D eigenvalue weighted by atomic mass is 16.8. The van der Waals surface area contributed by atoms with Gasteiger partial charge >= 0.3 is 0 Å². The molecule has 0 saturated carbocycles. The molecule has 506 valence electrons. The summed E-state index contributed by atoms with van der Waals surface area (Å²) in [6.45, 7) is 1.75. The van der Waals surface area contributed by atoms with Gasteiger partial charge in [-0.15, -0.1) is 0 Å². The molecule has 3 aliphatic rings. The highest BCUT2D eigenvalue weighted by molar-refractivity contribution is 5.76. The Morgan fingerprint density at radius 2 is 0.733 bits per heavy atom. The van der Waals surface area contributed by atoms with Crippen molar-refractivity contribution in [1.82, 2.24) is 5.32 Å². The van der Waals surface area contributed by atoms with Crippen LogP contribution in [0.2, 0.25) is 0 Å². The average molecular weight is 1230 g/mol. The molecule has 3 saturated heterocycles. The van der Waals surface area contributed by atoms with Gasteiger partial charge in [0.1, 0.15) is 73.2 Å². The van der Waals surface area contributed by atoms with Gasteiger partial charge in [-0.1, -0.05) is 237 Å². The molecule has 0 aromatic rings. The average Bonchev–Trinajstić information content (AvgIpc) is 3.70. The van der Waals surface area contributed by atoms with Crippen molar-refractivity contribution in [3.63, 3.8) is 0 Å². The number of unbranched alkanes of at least 4 members (excludes halogenated alkanes) is 35. The molecule has 0 bridgehead atoms. The van der Waals surface area contributed by atoms with Crippen molar-refractivity contribution in [3.8, 4) is 0 Å². The Morgan fingerprint density at radius 1 is 0.407 bits per heavy atom. The van der Waals surface area contributed by atoms with Crippen molar-refractivity contribution >= 4 is 5.91 Å². The van der Waals surface area contributed by atoms with Crippen molar-refractivity contribution in [2.75, 3.05) is 26.4 Å². The zero-order chi connectivity index (χ0) is 62.6. The molecule has 3 aliphatic heterocycles. The molecule has 19 nitrogen and oxygen atoms in total. The molecule has 0 spiro atoms. The van der Waals surface area contributed by atoms with Gasteiger partial charge in [0.2, 0.25) is 5.91 Å². The van der Waals surface area contributed by atoms with Crippen molar-refractivity contribution in [3.05, 3.63) is 24.3 Å². The largest absolute Gasteiger partial charge is 0.394 e. The van der Waals surface area contributed by atoms with Crippen molar-refractivity contribution < 1.29 is 89.4 Å². The van der Waals surface area contributed by atoms with E-state index in [-0.39, 0.29) is 18.9 Å². The molecular weight excluding hydrogens is 1110 g/mol.